The molecule has 5 aromatic carbocycles. The predicted octanol–water partition coefficient (Wildman–Crippen LogP) is 5.82. The summed E-state index contributed by atoms with van der Waals surface area (Å²) in [5, 5.41) is 2.97. The van der Waals surface area contributed by atoms with E-state index in [1.807, 2.05) is 42.5 Å². The highest BCUT2D eigenvalue weighted by Crippen LogP contribution is 2.32. The molecule has 250 valence electrons. The van der Waals surface area contributed by atoms with Crippen molar-refractivity contribution in [2.75, 3.05) is 18.1 Å². The van der Waals surface area contributed by atoms with Gasteiger partial charge in [0, 0.05) is 18.8 Å². The van der Waals surface area contributed by atoms with Crippen LogP contribution in [0.2, 0.25) is 0 Å². The summed E-state index contributed by atoms with van der Waals surface area (Å²) in [6.45, 7) is 0.0174. The Hall–Kier alpha value is -5.88. The first-order chi connectivity index (χ1) is 23.7. The van der Waals surface area contributed by atoms with E-state index in [-0.39, 0.29) is 36.2 Å². The van der Waals surface area contributed by atoms with Gasteiger partial charge in [-0.1, -0.05) is 66.7 Å². The van der Waals surface area contributed by atoms with Gasteiger partial charge < -0.3 is 24.4 Å². The minimum absolute atomic E-state index is 0.0514. The van der Waals surface area contributed by atoms with Crippen LogP contribution in [0.25, 0.3) is 0 Å². The third kappa shape index (κ3) is 8.35. The Kier molecular flexibility index (Phi) is 10.1. The molecule has 0 spiro atoms. The highest BCUT2D eigenvalue weighted by Gasteiger charge is 2.32. The van der Waals surface area contributed by atoms with E-state index in [2.05, 4.69) is 10.0 Å². The van der Waals surface area contributed by atoms with Crippen molar-refractivity contribution in [3.63, 3.8) is 0 Å². The molecule has 6 rings (SSSR count). The molecule has 2 N–H and O–H groups in total. The number of carbonyl (C=O) groups is 2. The highest BCUT2D eigenvalue weighted by atomic mass is 32.2. The van der Waals surface area contributed by atoms with Crippen LogP contribution in [0.5, 0.6) is 17.2 Å². The van der Waals surface area contributed by atoms with Gasteiger partial charge in [-0.05, 0) is 77.4 Å². The number of sulfonamides is 1. The van der Waals surface area contributed by atoms with E-state index in [1.165, 1.54) is 41.3 Å². The zero-order valence-electron chi connectivity index (χ0n) is 26.1. The number of fused-ring (bicyclic) bond motifs is 1. The highest BCUT2D eigenvalue weighted by molar-refractivity contribution is 7.92. The maximum absolute atomic E-state index is 14.0. The van der Waals surface area contributed by atoms with Gasteiger partial charge in [0.25, 0.3) is 15.9 Å². The summed E-state index contributed by atoms with van der Waals surface area (Å²) in [6.07, 6.45) is 0. The maximum Gasteiger partial charge on any atom is 0.261 e. The lowest BCUT2D eigenvalue weighted by atomic mass is 10.0. The summed E-state index contributed by atoms with van der Waals surface area (Å²) in [5.74, 6) is 0.131. The SMILES string of the molecule is O=C(NCc1ccc2c(c1)OCO2)[C@H](c1ccccc1)N(Cc1ccccc1)C(=O)COc1ccc(S(=O)(=O)Nc2ccc(F)cc2)cc1. The third-order valence-corrected chi connectivity index (χ3v) is 9.09. The summed E-state index contributed by atoms with van der Waals surface area (Å²) < 4.78 is 58.0. The normalized spacial score (nSPS) is 12.5. The van der Waals surface area contributed by atoms with E-state index in [1.54, 1.807) is 36.4 Å². The molecule has 0 unspecified atom stereocenters. The second-order valence-corrected chi connectivity index (χ2v) is 12.8. The first-order valence-electron chi connectivity index (χ1n) is 15.3. The van der Waals surface area contributed by atoms with Crippen molar-refractivity contribution in [1.82, 2.24) is 10.2 Å². The topological polar surface area (TPSA) is 123 Å². The lowest BCUT2D eigenvalue weighted by Crippen LogP contribution is -2.45. The fourth-order valence-corrected chi connectivity index (χ4v) is 6.28. The molecule has 1 atom stereocenters. The monoisotopic (exact) mass is 681 g/mol. The van der Waals surface area contributed by atoms with Crippen LogP contribution in [0.1, 0.15) is 22.7 Å². The molecular formula is C37H32FN3O7S. The fourth-order valence-electron chi connectivity index (χ4n) is 5.22. The molecule has 0 aromatic heterocycles. The van der Waals surface area contributed by atoms with Crippen LogP contribution < -0.4 is 24.2 Å². The number of nitrogens with one attached hydrogen (secondary N) is 2. The number of anilines is 1. The molecule has 0 saturated carbocycles. The molecule has 2 amide bonds. The van der Waals surface area contributed by atoms with Crippen molar-refractivity contribution in [2.45, 2.75) is 24.0 Å². The van der Waals surface area contributed by atoms with E-state index in [9.17, 15) is 22.4 Å². The molecule has 1 aliphatic heterocycles. The number of benzene rings is 5. The van der Waals surface area contributed by atoms with E-state index in [0.717, 1.165) is 23.3 Å². The van der Waals surface area contributed by atoms with Gasteiger partial charge in [-0.3, -0.25) is 14.3 Å². The number of halogens is 1. The van der Waals surface area contributed by atoms with Crippen LogP contribution in [-0.4, -0.2) is 38.5 Å². The molecule has 5 aromatic rings. The number of amides is 2. The van der Waals surface area contributed by atoms with Gasteiger partial charge in [-0.2, -0.15) is 0 Å². The molecule has 0 bridgehead atoms. The Morgan fingerprint density at radius 3 is 2.18 bits per heavy atom. The maximum atomic E-state index is 14.0. The second kappa shape index (κ2) is 14.9. The fraction of sp³-hybridized carbons (Fsp3) is 0.135. The zero-order valence-corrected chi connectivity index (χ0v) is 26.9. The summed E-state index contributed by atoms with van der Waals surface area (Å²) in [7, 11) is -3.96. The van der Waals surface area contributed by atoms with E-state index >= 15 is 0 Å². The van der Waals surface area contributed by atoms with Crippen LogP contribution in [0, 0.1) is 5.82 Å². The Balaban J connectivity index is 1.19. The Morgan fingerprint density at radius 2 is 1.47 bits per heavy atom. The lowest BCUT2D eigenvalue weighted by Gasteiger charge is -2.31. The minimum Gasteiger partial charge on any atom is -0.484 e. The first kappa shape index (κ1) is 33.0. The quantitative estimate of drug-likeness (QED) is 0.161. The molecule has 1 aliphatic rings. The van der Waals surface area contributed by atoms with Crippen LogP contribution >= 0.6 is 0 Å². The van der Waals surface area contributed by atoms with Gasteiger partial charge in [0.15, 0.2) is 18.1 Å². The average molecular weight is 682 g/mol. The lowest BCUT2D eigenvalue weighted by molar-refractivity contribution is -0.143. The van der Waals surface area contributed by atoms with E-state index in [4.69, 9.17) is 14.2 Å². The van der Waals surface area contributed by atoms with Crippen molar-refractivity contribution in [3.8, 4) is 17.2 Å². The number of hydrogen-bond donors (Lipinski definition) is 2. The van der Waals surface area contributed by atoms with Gasteiger partial charge >= 0.3 is 0 Å². The van der Waals surface area contributed by atoms with E-state index < -0.39 is 40.3 Å². The molecule has 10 nitrogen and oxygen atoms in total. The Morgan fingerprint density at radius 1 is 0.796 bits per heavy atom. The number of rotatable bonds is 13. The van der Waals surface area contributed by atoms with Gasteiger partial charge in [-0.15, -0.1) is 0 Å². The van der Waals surface area contributed by atoms with Crippen LogP contribution in [0.15, 0.2) is 132 Å². The average Bonchev–Trinajstić information content (AvgIpc) is 3.60. The molecule has 0 radical (unpaired) electrons. The molecular weight excluding hydrogens is 649 g/mol. The second-order valence-electron chi connectivity index (χ2n) is 11.1. The number of ether oxygens (including phenoxy) is 3. The molecule has 0 fully saturated rings. The van der Waals surface area contributed by atoms with Gasteiger partial charge in [0.2, 0.25) is 12.7 Å². The predicted molar refractivity (Wildman–Crippen MR) is 180 cm³/mol. The number of hydrogen-bond acceptors (Lipinski definition) is 7. The smallest absolute Gasteiger partial charge is 0.261 e. The van der Waals surface area contributed by atoms with Crippen molar-refractivity contribution >= 4 is 27.5 Å². The standard InChI is InChI=1S/C37H32FN3O7S/c38-29-12-14-30(15-13-29)40-49(44,45)32-18-16-31(17-19-32)46-24-35(42)41(23-26-7-3-1-4-8-26)36(28-9-5-2-6-10-28)37(43)39-22-27-11-20-33-34(21-27)48-25-47-33/h1-21,36,40H,22-25H2,(H,39,43)/t36-/m0/s1. The largest absolute Gasteiger partial charge is 0.484 e. The van der Waals surface area contributed by atoms with Crippen molar-refractivity contribution < 1.29 is 36.6 Å². The van der Waals surface area contributed by atoms with Gasteiger partial charge in [0.05, 0.1) is 4.90 Å². The Bertz CT molecular complexity index is 2010. The number of carbonyl (C=O) groups excluding carboxylic acids is 2. The zero-order chi connectivity index (χ0) is 34.2. The third-order valence-electron chi connectivity index (χ3n) is 7.69. The van der Waals surface area contributed by atoms with Crippen LogP contribution in [0.4, 0.5) is 10.1 Å². The molecule has 49 heavy (non-hydrogen) atoms. The summed E-state index contributed by atoms with van der Waals surface area (Å²) in [6, 6.07) is 33.2. The van der Waals surface area contributed by atoms with Crippen molar-refractivity contribution in [1.29, 1.82) is 0 Å². The van der Waals surface area contributed by atoms with Crippen LogP contribution in [0.3, 0.4) is 0 Å². The van der Waals surface area contributed by atoms with Gasteiger partial charge in [-0.25, -0.2) is 12.8 Å². The molecule has 1 heterocycles. The van der Waals surface area contributed by atoms with Gasteiger partial charge in [0.1, 0.15) is 17.6 Å². The van der Waals surface area contributed by atoms with Crippen molar-refractivity contribution in [2.24, 2.45) is 0 Å². The van der Waals surface area contributed by atoms with Crippen molar-refractivity contribution in [3.05, 3.63) is 150 Å². The summed E-state index contributed by atoms with van der Waals surface area (Å²) >= 11 is 0. The summed E-state index contributed by atoms with van der Waals surface area (Å²) in [5.41, 5.74) is 2.42. The molecule has 0 saturated heterocycles. The van der Waals surface area contributed by atoms with E-state index in [0.29, 0.717) is 17.1 Å². The Labute approximate surface area is 283 Å². The first-order valence-corrected chi connectivity index (χ1v) is 16.8. The molecule has 12 heteroatoms. The minimum atomic E-state index is -3.96. The summed E-state index contributed by atoms with van der Waals surface area (Å²) in [4.78, 5) is 29.3. The number of nitrogens with zero attached hydrogens (tertiary/aromatic N) is 1. The van der Waals surface area contributed by atoms with Crippen LogP contribution in [-0.2, 0) is 32.7 Å². The molecule has 0 aliphatic carbocycles.